The number of nitrogens with two attached hydrogens (primary N) is 1. The highest BCUT2D eigenvalue weighted by Crippen LogP contribution is 2.11. The van der Waals surface area contributed by atoms with Gasteiger partial charge < -0.3 is 21.5 Å². The Labute approximate surface area is 184 Å². The minimum Gasteiger partial charge on any atom is -0.508 e. The molecule has 0 spiro atoms. The summed E-state index contributed by atoms with van der Waals surface area (Å²) >= 11 is 0. The first-order valence-corrected chi connectivity index (χ1v) is 10.0. The van der Waals surface area contributed by atoms with E-state index in [0.717, 1.165) is 17.5 Å². The van der Waals surface area contributed by atoms with Crippen LogP contribution in [-0.4, -0.2) is 35.5 Å². The topological polar surface area (TPSA) is 104 Å². The smallest absolute Gasteiger partial charge is 0.242 e. The summed E-state index contributed by atoms with van der Waals surface area (Å²) in [6, 6.07) is 15.1. The van der Waals surface area contributed by atoms with E-state index in [4.69, 9.17) is 5.73 Å². The van der Waals surface area contributed by atoms with Crippen LogP contribution >= 0.6 is 12.4 Å². The van der Waals surface area contributed by atoms with E-state index >= 15 is 0 Å². The molecule has 2 aromatic carbocycles. The highest BCUT2D eigenvalue weighted by atomic mass is 35.5. The molecule has 0 saturated heterocycles. The molecular formula is C23H32ClN3O3. The molecule has 0 aliphatic rings. The molecule has 0 saturated carbocycles. The van der Waals surface area contributed by atoms with Gasteiger partial charge in [0, 0.05) is 6.54 Å². The van der Waals surface area contributed by atoms with Gasteiger partial charge in [0.05, 0.1) is 6.04 Å². The van der Waals surface area contributed by atoms with Gasteiger partial charge in [-0.15, -0.1) is 12.4 Å². The molecule has 2 aromatic rings. The third kappa shape index (κ3) is 8.84. The van der Waals surface area contributed by atoms with Crippen molar-refractivity contribution in [3.05, 3.63) is 65.7 Å². The zero-order valence-corrected chi connectivity index (χ0v) is 18.3. The first-order chi connectivity index (χ1) is 13.8. The summed E-state index contributed by atoms with van der Waals surface area (Å²) < 4.78 is 0. The molecule has 30 heavy (non-hydrogen) atoms. The molecule has 0 aromatic heterocycles. The van der Waals surface area contributed by atoms with Crippen LogP contribution in [0.5, 0.6) is 5.75 Å². The molecule has 0 unspecified atom stereocenters. The van der Waals surface area contributed by atoms with Crippen LogP contribution in [0.3, 0.4) is 0 Å². The van der Waals surface area contributed by atoms with Crippen LogP contribution in [0.2, 0.25) is 0 Å². The Kier molecular flexibility index (Phi) is 10.9. The van der Waals surface area contributed by atoms with Crippen molar-refractivity contribution in [3.63, 3.8) is 0 Å². The maximum absolute atomic E-state index is 12.6. The summed E-state index contributed by atoms with van der Waals surface area (Å²) in [5.41, 5.74) is 8.03. The number of aromatic hydroxyl groups is 1. The number of hydrogen-bond donors (Lipinski definition) is 4. The number of nitrogens with one attached hydrogen (secondary N) is 2. The Morgan fingerprint density at radius 1 is 0.967 bits per heavy atom. The number of amides is 2. The highest BCUT2D eigenvalue weighted by Gasteiger charge is 2.24. The maximum atomic E-state index is 12.6. The lowest BCUT2D eigenvalue weighted by atomic mass is 10.0. The first kappa shape index (κ1) is 25.5. The van der Waals surface area contributed by atoms with E-state index in [1.165, 1.54) is 0 Å². The van der Waals surface area contributed by atoms with Crippen molar-refractivity contribution in [1.82, 2.24) is 10.6 Å². The van der Waals surface area contributed by atoms with Crippen LogP contribution in [0.4, 0.5) is 0 Å². The number of carbonyl (C=O) groups is 2. The molecule has 0 aliphatic carbocycles. The number of hydrogen-bond acceptors (Lipinski definition) is 4. The van der Waals surface area contributed by atoms with Crippen LogP contribution in [0.1, 0.15) is 31.4 Å². The number of halogens is 1. The number of carbonyl (C=O) groups excluding carboxylic acids is 2. The second-order valence-corrected chi connectivity index (χ2v) is 7.69. The van der Waals surface area contributed by atoms with Crippen molar-refractivity contribution in [2.45, 2.75) is 45.2 Å². The van der Waals surface area contributed by atoms with Gasteiger partial charge in [0.15, 0.2) is 0 Å². The SMILES string of the molecule is CC(C)C[C@H](NC(=O)[C@@H](N)Cc1ccc(O)cc1)C(=O)NCCc1ccccc1.Cl. The predicted molar refractivity (Wildman–Crippen MR) is 122 cm³/mol. The summed E-state index contributed by atoms with van der Waals surface area (Å²) in [5, 5.41) is 15.1. The van der Waals surface area contributed by atoms with Gasteiger partial charge in [0.1, 0.15) is 11.8 Å². The van der Waals surface area contributed by atoms with Gasteiger partial charge in [-0.3, -0.25) is 9.59 Å². The van der Waals surface area contributed by atoms with Gasteiger partial charge in [-0.25, -0.2) is 0 Å². The fraction of sp³-hybridized carbons (Fsp3) is 0.391. The van der Waals surface area contributed by atoms with E-state index in [2.05, 4.69) is 10.6 Å². The molecule has 0 aliphatic heterocycles. The molecule has 0 bridgehead atoms. The van der Waals surface area contributed by atoms with Crippen LogP contribution in [0.15, 0.2) is 54.6 Å². The Bertz CT molecular complexity index is 782. The summed E-state index contributed by atoms with van der Waals surface area (Å²) in [6.45, 7) is 4.52. The molecule has 2 atom stereocenters. The lowest BCUT2D eigenvalue weighted by Crippen LogP contribution is -2.52. The van der Waals surface area contributed by atoms with Crippen LogP contribution in [0, 0.1) is 5.92 Å². The fourth-order valence-corrected chi connectivity index (χ4v) is 3.06. The number of rotatable bonds is 10. The maximum Gasteiger partial charge on any atom is 0.242 e. The molecule has 2 amide bonds. The van der Waals surface area contributed by atoms with Gasteiger partial charge in [-0.2, -0.15) is 0 Å². The van der Waals surface area contributed by atoms with E-state index in [-0.39, 0.29) is 35.9 Å². The second kappa shape index (κ2) is 12.9. The summed E-state index contributed by atoms with van der Waals surface area (Å²) in [4.78, 5) is 25.2. The van der Waals surface area contributed by atoms with E-state index in [0.29, 0.717) is 19.4 Å². The Morgan fingerprint density at radius 2 is 1.60 bits per heavy atom. The average Bonchev–Trinajstić information content (AvgIpc) is 2.69. The van der Waals surface area contributed by atoms with Gasteiger partial charge in [0.25, 0.3) is 0 Å². The van der Waals surface area contributed by atoms with Gasteiger partial charge in [-0.1, -0.05) is 56.3 Å². The molecule has 0 radical (unpaired) electrons. The first-order valence-electron chi connectivity index (χ1n) is 10.0. The highest BCUT2D eigenvalue weighted by molar-refractivity contribution is 5.89. The minimum absolute atomic E-state index is 0. The third-order valence-corrected chi connectivity index (χ3v) is 4.62. The molecule has 0 heterocycles. The Hall–Kier alpha value is -2.57. The number of benzene rings is 2. The Morgan fingerprint density at radius 3 is 2.20 bits per heavy atom. The van der Waals surface area contributed by atoms with Crippen LogP contribution < -0.4 is 16.4 Å². The van der Waals surface area contributed by atoms with Gasteiger partial charge in [0.2, 0.25) is 11.8 Å². The third-order valence-electron chi connectivity index (χ3n) is 4.62. The number of phenolic OH excluding ortho intramolecular Hbond substituents is 1. The van der Waals surface area contributed by atoms with Gasteiger partial charge in [-0.05, 0) is 48.4 Å². The van der Waals surface area contributed by atoms with Crippen LogP contribution in [0.25, 0.3) is 0 Å². The normalized spacial score (nSPS) is 12.5. The quantitative estimate of drug-likeness (QED) is 0.462. The lowest BCUT2D eigenvalue weighted by Gasteiger charge is -2.22. The molecule has 164 valence electrons. The van der Waals surface area contributed by atoms with Crippen LogP contribution in [-0.2, 0) is 22.4 Å². The van der Waals surface area contributed by atoms with Crippen molar-refractivity contribution in [2.75, 3.05) is 6.54 Å². The van der Waals surface area contributed by atoms with Crippen molar-refractivity contribution in [1.29, 1.82) is 0 Å². The van der Waals surface area contributed by atoms with E-state index in [1.807, 2.05) is 44.2 Å². The lowest BCUT2D eigenvalue weighted by molar-refractivity contribution is -0.130. The van der Waals surface area contributed by atoms with Crippen molar-refractivity contribution in [3.8, 4) is 5.75 Å². The predicted octanol–water partition coefficient (Wildman–Crippen LogP) is 2.57. The molecule has 0 fully saturated rings. The zero-order valence-electron chi connectivity index (χ0n) is 17.5. The fourth-order valence-electron chi connectivity index (χ4n) is 3.06. The molecule has 5 N–H and O–H groups in total. The Balaban J connectivity index is 0.00000450. The zero-order chi connectivity index (χ0) is 21.2. The molecular weight excluding hydrogens is 402 g/mol. The summed E-state index contributed by atoms with van der Waals surface area (Å²) in [7, 11) is 0. The van der Waals surface area contributed by atoms with E-state index in [9.17, 15) is 14.7 Å². The van der Waals surface area contributed by atoms with Crippen molar-refractivity contribution >= 4 is 24.2 Å². The standard InChI is InChI=1S/C23H31N3O3.ClH/c1-16(2)14-21(23(29)25-13-12-17-6-4-3-5-7-17)26-22(28)20(24)15-18-8-10-19(27)11-9-18;/h3-11,16,20-21,27H,12-15,24H2,1-2H3,(H,25,29)(H,26,28);1H/t20-,21-;/m0./s1. The van der Waals surface area contributed by atoms with E-state index < -0.39 is 12.1 Å². The average molecular weight is 434 g/mol. The number of phenols is 1. The van der Waals surface area contributed by atoms with Crippen molar-refractivity contribution in [2.24, 2.45) is 11.7 Å². The largest absolute Gasteiger partial charge is 0.508 e. The molecule has 2 rings (SSSR count). The minimum atomic E-state index is -0.772. The van der Waals surface area contributed by atoms with Gasteiger partial charge >= 0.3 is 0 Å². The molecule has 6 nitrogen and oxygen atoms in total. The summed E-state index contributed by atoms with van der Waals surface area (Å²) in [6.07, 6.45) is 1.60. The van der Waals surface area contributed by atoms with Crippen molar-refractivity contribution < 1.29 is 14.7 Å². The monoisotopic (exact) mass is 433 g/mol. The second-order valence-electron chi connectivity index (χ2n) is 7.69. The molecule has 7 heteroatoms. The summed E-state index contributed by atoms with van der Waals surface area (Å²) in [5.74, 6) is -0.147. The van der Waals surface area contributed by atoms with E-state index in [1.54, 1.807) is 24.3 Å².